The van der Waals surface area contributed by atoms with E-state index >= 15 is 0 Å². The number of amides is 1. The first kappa shape index (κ1) is 20.3. The second-order valence-corrected chi connectivity index (χ2v) is 9.87. The molecule has 1 aliphatic heterocycles. The fourth-order valence-electron chi connectivity index (χ4n) is 4.02. The van der Waals surface area contributed by atoms with Gasteiger partial charge in [0.05, 0.1) is 19.0 Å². The third kappa shape index (κ3) is 5.07. The molecule has 1 N–H and O–H groups in total. The molecule has 1 heterocycles. The van der Waals surface area contributed by atoms with Crippen LogP contribution in [0.25, 0.3) is 0 Å². The van der Waals surface area contributed by atoms with Gasteiger partial charge in [-0.05, 0) is 38.2 Å². The van der Waals surface area contributed by atoms with Crippen molar-refractivity contribution in [3.63, 3.8) is 0 Å². The quantitative estimate of drug-likeness (QED) is 0.805. The van der Waals surface area contributed by atoms with Crippen molar-refractivity contribution in [2.24, 2.45) is 0 Å². The number of rotatable bonds is 5. The highest BCUT2D eigenvalue weighted by Crippen LogP contribution is 2.37. The van der Waals surface area contributed by atoms with E-state index in [0.29, 0.717) is 30.8 Å². The van der Waals surface area contributed by atoms with E-state index in [-0.39, 0.29) is 23.7 Å². The largest absolute Gasteiger partial charge is 0.348 e. The Hall–Kier alpha value is -1.48. The summed E-state index contributed by atoms with van der Waals surface area (Å²) >= 11 is 0. The van der Waals surface area contributed by atoms with Crippen LogP contribution in [0.2, 0.25) is 0 Å². The van der Waals surface area contributed by atoms with Crippen LogP contribution >= 0.6 is 0 Å². The van der Waals surface area contributed by atoms with Crippen LogP contribution in [0.1, 0.15) is 35.2 Å². The van der Waals surface area contributed by atoms with Gasteiger partial charge >= 0.3 is 0 Å². The predicted molar refractivity (Wildman–Crippen MR) is 102 cm³/mol. The van der Waals surface area contributed by atoms with Crippen molar-refractivity contribution >= 4 is 15.7 Å². The molecule has 2 atom stereocenters. The summed E-state index contributed by atoms with van der Waals surface area (Å²) in [5, 5.41) is 3.12. The molecule has 1 aromatic carbocycles. The fourth-order valence-corrected chi connectivity index (χ4v) is 4.81. The Morgan fingerprint density at radius 3 is 2.63 bits per heavy atom. The number of nitrogens with zero attached hydrogens (tertiary/aromatic N) is 1. The van der Waals surface area contributed by atoms with Crippen molar-refractivity contribution in [3.8, 4) is 0 Å². The van der Waals surface area contributed by atoms with E-state index in [1.54, 1.807) is 24.3 Å². The summed E-state index contributed by atoms with van der Waals surface area (Å²) in [7, 11) is 0.856. The molecule has 0 radical (unpaired) electrons. The van der Waals surface area contributed by atoms with Crippen molar-refractivity contribution in [3.05, 3.63) is 35.4 Å². The Kier molecular flexibility index (Phi) is 5.90. The maximum atomic E-state index is 12.8. The Balaban J connectivity index is 1.75. The molecule has 2 fully saturated rings. The number of likely N-dealkylation sites (N-methyl/N-ethyl adjacent to an activating group) is 1. The number of carbonyl (C=O) groups excluding carboxylic acids is 1. The number of hydrogen-bond acceptors (Lipinski definition) is 6. The standard InChI is InChI=1S/C19H28N2O5S/c1-21(2)17-7-8-19(25-9-10-26-19)12-16(17)20-18(22)15-6-4-5-14(11-15)13-27(3,23)24/h4-6,11,16-17H,7-10,12-13H2,1-3H3,(H,20,22). The molecule has 0 aromatic heterocycles. The Morgan fingerprint density at radius 2 is 2.00 bits per heavy atom. The molecule has 2 unspecified atom stereocenters. The SMILES string of the molecule is CN(C)C1CCC2(CC1NC(=O)c1cccc(CS(C)(=O)=O)c1)OCCO2. The summed E-state index contributed by atoms with van der Waals surface area (Å²) in [5.74, 6) is -0.886. The minimum atomic E-state index is -3.15. The first-order valence-corrected chi connectivity index (χ1v) is 11.3. The number of nitrogens with one attached hydrogen (secondary N) is 1. The average molecular weight is 397 g/mol. The summed E-state index contributed by atoms with van der Waals surface area (Å²) < 4.78 is 34.7. The van der Waals surface area contributed by atoms with Gasteiger partial charge in [-0.15, -0.1) is 0 Å². The second-order valence-electron chi connectivity index (χ2n) is 7.73. The minimum Gasteiger partial charge on any atom is -0.348 e. The van der Waals surface area contributed by atoms with Gasteiger partial charge in [-0.2, -0.15) is 0 Å². The lowest BCUT2D eigenvalue weighted by Crippen LogP contribution is -2.57. The lowest BCUT2D eigenvalue weighted by atomic mass is 9.84. The summed E-state index contributed by atoms with van der Waals surface area (Å²) in [6, 6.07) is 6.85. The highest BCUT2D eigenvalue weighted by atomic mass is 32.2. The Bertz CT molecular complexity index is 787. The molecule has 1 aromatic rings. The molecule has 1 amide bonds. The van der Waals surface area contributed by atoms with E-state index in [2.05, 4.69) is 10.2 Å². The summed E-state index contributed by atoms with van der Waals surface area (Å²) in [6.07, 6.45) is 3.47. The monoisotopic (exact) mass is 396 g/mol. The van der Waals surface area contributed by atoms with Crippen LogP contribution in [0.4, 0.5) is 0 Å². The third-order valence-corrected chi connectivity index (χ3v) is 6.09. The van der Waals surface area contributed by atoms with Crippen LogP contribution in [-0.2, 0) is 25.1 Å². The van der Waals surface area contributed by atoms with Crippen molar-refractivity contribution in [2.75, 3.05) is 33.6 Å². The van der Waals surface area contributed by atoms with Crippen LogP contribution in [-0.4, -0.2) is 70.7 Å². The van der Waals surface area contributed by atoms with E-state index in [9.17, 15) is 13.2 Å². The second kappa shape index (κ2) is 7.87. The van der Waals surface area contributed by atoms with Crippen LogP contribution in [0.3, 0.4) is 0 Å². The fraction of sp³-hybridized carbons (Fsp3) is 0.632. The topological polar surface area (TPSA) is 84.9 Å². The van der Waals surface area contributed by atoms with Gasteiger partial charge in [0, 0.05) is 36.7 Å². The van der Waals surface area contributed by atoms with E-state index in [1.807, 2.05) is 14.1 Å². The summed E-state index contributed by atoms with van der Waals surface area (Å²) in [6.45, 7) is 1.17. The molecule has 8 heteroatoms. The zero-order chi connectivity index (χ0) is 19.7. The van der Waals surface area contributed by atoms with Gasteiger partial charge in [0.15, 0.2) is 15.6 Å². The van der Waals surface area contributed by atoms with Gasteiger partial charge in [0.25, 0.3) is 5.91 Å². The van der Waals surface area contributed by atoms with Crippen molar-refractivity contribution in [1.29, 1.82) is 0 Å². The number of benzene rings is 1. The first-order valence-electron chi connectivity index (χ1n) is 9.19. The lowest BCUT2D eigenvalue weighted by molar-refractivity contribution is -0.188. The van der Waals surface area contributed by atoms with Crippen molar-refractivity contribution in [2.45, 2.75) is 42.9 Å². The molecule has 1 saturated heterocycles. The first-order chi connectivity index (χ1) is 12.7. The molecule has 2 aliphatic rings. The number of hydrogen-bond donors (Lipinski definition) is 1. The molecular formula is C19H28N2O5S. The number of ether oxygens (including phenoxy) is 2. The van der Waals surface area contributed by atoms with Gasteiger partial charge in [-0.1, -0.05) is 12.1 Å². The molecule has 7 nitrogen and oxygen atoms in total. The smallest absolute Gasteiger partial charge is 0.251 e. The molecule has 0 bridgehead atoms. The van der Waals surface area contributed by atoms with E-state index in [1.165, 1.54) is 6.26 Å². The predicted octanol–water partition coefficient (Wildman–Crippen LogP) is 1.19. The summed E-state index contributed by atoms with van der Waals surface area (Å²) in [4.78, 5) is 15.0. The molecule has 27 heavy (non-hydrogen) atoms. The molecule has 1 saturated carbocycles. The van der Waals surface area contributed by atoms with Crippen LogP contribution in [0.5, 0.6) is 0 Å². The van der Waals surface area contributed by atoms with Gasteiger partial charge in [-0.25, -0.2) is 8.42 Å². The molecule has 150 valence electrons. The van der Waals surface area contributed by atoms with E-state index < -0.39 is 15.6 Å². The van der Waals surface area contributed by atoms with Crippen LogP contribution in [0.15, 0.2) is 24.3 Å². The van der Waals surface area contributed by atoms with Gasteiger partial charge < -0.3 is 19.7 Å². The molecule has 1 spiro atoms. The molecular weight excluding hydrogens is 368 g/mol. The van der Waals surface area contributed by atoms with Crippen LogP contribution < -0.4 is 5.32 Å². The zero-order valence-electron chi connectivity index (χ0n) is 16.1. The van der Waals surface area contributed by atoms with Gasteiger partial charge in [0.2, 0.25) is 0 Å². The lowest BCUT2D eigenvalue weighted by Gasteiger charge is -2.43. The maximum Gasteiger partial charge on any atom is 0.251 e. The summed E-state index contributed by atoms with van der Waals surface area (Å²) in [5.41, 5.74) is 1.07. The minimum absolute atomic E-state index is 0.0807. The number of sulfone groups is 1. The van der Waals surface area contributed by atoms with Crippen molar-refractivity contribution in [1.82, 2.24) is 10.2 Å². The zero-order valence-corrected chi connectivity index (χ0v) is 16.9. The maximum absolute atomic E-state index is 12.8. The third-order valence-electron chi connectivity index (χ3n) is 5.23. The van der Waals surface area contributed by atoms with Crippen LogP contribution in [0, 0.1) is 0 Å². The Morgan fingerprint density at radius 1 is 1.30 bits per heavy atom. The molecule has 1 aliphatic carbocycles. The van der Waals surface area contributed by atoms with Crippen molar-refractivity contribution < 1.29 is 22.7 Å². The van der Waals surface area contributed by atoms with E-state index in [0.717, 1.165) is 12.8 Å². The Labute approximate surface area is 160 Å². The van der Waals surface area contributed by atoms with Gasteiger partial charge in [0.1, 0.15) is 0 Å². The number of carbonyl (C=O) groups is 1. The van der Waals surface area contributed by atoms with E-state index in [4.69, 9.17) is 9.47 Å². The average Bonchev–Trinajstić information content (AvgIpc) is 3.01. The van der Waals surface area contributed by atoms with Gasteiger partial charge in [-0.3, -0.25) is 4.79 Å². The normalized spacial score (nSPS) is 25.0. The highest BCUT2D eigenvalue weighted by molar-refractivity contribution is 7.89. The highest BCUT2D eigenvalue weighted by Gasteiger charge is 2.46. The molecule has 3 rings (SSSR count).